The van der Waals surface area contributed by atoms with E-state index in [0.29, 0.717) is 11.4 Å². The number of piperazine rings is 1. The maximum atomic E-state index is 13.5. The van der Waals surface area contributed by atoms with E-state index in [1.165, 1.54) is 23.0 Å². The van der Waals surface area contributed by atoms with Gasteiger partial charge in [-0.1, -0.05) is 36.4 Å². The molecule has 0 spiro atoms. The molecule has 1 atom stereocenters. The molecule has 1 fully saturated rings. The molecule has 3 aromatic rings. The fraction of sp³-hybridized carbons (Fsp3) is 0.290. The number of alkyl halides is 3. The van der Waals surface area contributed by atoms with Gasteiger partial charge in [0.05, 0.1) is 19.2 Å². The highest BCUT2D eigenvalue weighted by Crippen LogP contribution is 2.30. The Labute approximate surface area is 246 Å². The summed E-state index contributed by atoms with van der Waals surface area (Å²) in [5.41, 5.74) is 0.270. The molecule has 4 rings (SSSR count). The van der Waals surface area contributed by atoms with Crippen LogP contribution < -0.4 is 15.0 Å². The molecule has 0 bridgehead atoms. The van der Waals surface area contributed by atoms with Crippen LogP contribution in [0.15, 0.2) is 78.9 Å². The Bertz CT molecular complexity index is 1460. The van der Waals surface area contributed by atoms with E-state index in [2.05, 4.69) is 5.32 Å². The van der Waals surface area contributed by atoms with Crippen molar-refractivity contribution < 1.29 is 37.1 Å². The predicted octanol–water partition coefficient (Wildman–Crippen LogP) is 3.39. The van der Waals surface area contributed by atoms with Crippen LogP contribution in [0.4, 0.5) is 18.9 Å². The summed E-state index contributed by atoms with van der Waals surface area (Å²) in [4.78, 5) is 56.1. The third-order valence-electron chi connectivity index (χ3n) is 7.08. The van der Waals surface area contributed by atoms with E-state index in [4.69, 9.17) is 4.74 Å². The Morgan fingerprint density at radius 1 is 0.977 bits per heavy atom. The Kier molecular flexibility index (Phi) is 9.69. The lowest BCUT2D eigenvalue weighted by molar-refractivity contribution is -0.139. The second-order valence-electron chi connectivity index (χ2n) is 10.0. The predicted molar refractivity (Wildman–Crippen MR) is 152 cm³/mol. The zero-order valence-corrected chi connectivity index (χ0v) is 23.6. The Morgan fingerprint density at radius 3 is 2.30 bits per heavy atom. The largest absolute Gasteiger partial charge is 0.497 e. The fourth-order valence-corrected chi connectivity index (χ4v) is 4.69. The van der Waals surface area contributed by atoms with Crippen molar-refractivity contribution in [3.8, 4) is 5.75 Å². The third kappa shape index (κ3) is 7.91. The molecule has 4 amide bonds. The summed E-state index contributed by atoms with van der Waals surface area (Å²) in [5, 5.41) is 2.75. The minimum Gasteiger partial charge on any atom is -0.497 e. The molecule has 43 heavy (non-hydrogen) atoms. The molecule has 0 radical (unpaired) electrons. The van der Waals surface area contributed by atoms with Crippen LogP contribution in [-0.4, -0.2) is 79.8 Å². The van der Waals surface area contributed by atoms with Crippen molar-refractivity contribution in [1.82, 2.24) is 15.1 Å². The van der Waals surface area contributed by atoms with Gasteiger partial charge >= 0.3 is 6.18 Å². The van der Waals surface area contributed by atoms with Gasteiger partial charge in [-0.25, -0.2) is 0 Å². The lowest BCUT2D eigenvalue weighted by atomic mass is 10.0. The maximum absolute atomic E-state index is 13.5. The molecule has 0 aliphatic carbocycles. The second kappa shape index (κ2) is 13.4. The topological polar surface area (TPSA) is 99.3 Å². The maximum Gasteiger partial charge on any atom is 0.416 e. The van der Waals surface area contributed by atoms with Gasteiger partial charge in [0.25, 0.3) is 5.91 Å². The lowest BCUT2D eigenvalue weighted by Crippen LogP contribution is -2.56. The molecule has 1 N–H and O–H groups in total. The van der Waals surface area contributed by atoms with Crippen molar-refractivity contribution in [3.05, 3.63) is 95.6 Å². The summed E-state index contributed by atoms with van der Waals surface area (Å²) in [6, 6.07) is 19.1. The first kappa shape index (κ1) is 31.1. The highest BCUT2D eigenvalue weighted by Gasteiger charge is 2.33. The highest BCUT2D eigenvalue weighted by atomic mass is 19.4. The molecule has 1 saturated heterocycles. The first-order valence-corrected chi connectivity index (χ1v) is 13.5. The van der Waals surface area contributed by atoms with Crippen molar-refractivity contribution in [2.75, 3.05) is 45.2 Å². The van der Waals surface area contributed by atoms with Gasteiger partial charge < -0.3 is 24.8 Å². The van der Waals surface area contributed by atoms with Crippen molar-refractivity contribution in [1.29, 1.82) is 0 Å². The normalized spacial score (nSPS) is 14.2. The lowest BCUT2D eigenvalue weighted by Gasteiger charge is -2.34. The quantitative estimate of drug-likeness (QED) is 0.409. The smallest absolute Gasteiger partial charge is 0.416 e. The molecular weight excluding hydrogens is 565 g/mol. The van der Waals surface area contributed by atoms with Crippen molar-refractivity contribution in [2.45, 2.75) is 18.6 Å². The van der Waals surface area contributed by atoms with E-state index in [9.17, 15) is 32.3 Å². The average Bonchev–Trinajstić information content (AvgIpc) is 3.01. The first-order valence-electron chi connectivity index (χ1n) is 13.5. The summed E-state index contributed by atoms with van der Waals surface area (Å²) in [6.45, 7) is -0.717. The highest BCUT2D eigenvalue weighted by molar-refractivity contribution is 6.00. The van der Waals surface area contributed by atoms with Crippen molar-refractivity contribution >= 4 is 29.3 Å². The number of hydrogen-bond donors (Lipinski definition) is 1. The van der Waals surface area contributed by atoms with Crippen LogP contribution in [0.3, 0.4) is 0 Å². The van der Waals surface area contributed by atoms with Gasteiger partial charge in [-0.3, -0.25) is 19.2 Å². The van der Waals surface area contributed by atoms with E-state index in [-0.39, 0.29) is 37.5 Å². The Balaban J connectivity index is 1.40. The number of carbonyl (C=O) groups is 4. The van der Waals surface area contributed by atoms with Crippen LogP contribution in [0, 0.1) is 0 Å². The number of nitrogens with one attached hydrogen (secondary N) is 1. The SMILES string of the molecule is COc1ccc(N(C)C(=O)[C@H](Cc2ccccc2)NC(=O)CN2CCN(C(=O)c3cccc(C(F)(F)F)c3)CC2=O)cc1. The number of anilines is 1. The molecule has 0 saturated carbocycles. The summed E-state index contributed by atoms with van der Waals surface area (Å²) < 4.78 is 44.4. The first-order chi connectivity index (χ1) is 20.5. The minimum absolute atomic E-state index is 0.00000424. The fourth-order valence-electron chi connectivity index (χ4n) is 4.69. The molecule has 0 unspecified atom stereocenters. The van der Waals surface area contributed by atoms with E-state index in [1.807, 2.05) is 30.3 Å². The van der Waals surface area contributed by atoms with Crippen LogP contribution >= 0.6 is 0 Å². The summed E-state index contributed by atoms with van der Waals surface area (Å²) in [7, 11) is 3.13. The zero-order chi connectivity index (χ0) is 31.1. The molecule has 1 heterocycles. The summed E-state index contributed by atoms with van der Waals surface area (Å²) in [5.74, 6) is -1.56. The Morgan fingerprint density at radius 2 is 1.67 bits per heavy atom. The number of halogens is 3. The molecule has 1 aliphatic rings. The van der Waals surface area contributed by atoms with Crippen molar-refractivity contribution in [2.24, 2.45) is 0 Å². The summed E-state index contributed by atoms with van der Waals surface area (Å²) >= 11 is 0. The molecule has 9 nitrogen and oxygen atoms in total. The molecule has 12 heteroatoms. The molecule has 1 aliphatic heterocycles. The van der Waals surface area contributed by atoms with Gasteiger partial charge in [0.2, 0.25) is 17.7 Å². The molecule has 0 aromatic heterocycles. The van der Waals surface area contributed by atoms with E-state index in [1.54, 1.807) is 31.3 Å². The van der Waals surface area contributed by atoms with Crippen LogP contribution in [0.5, 0.6) is 5.75 Å². The molecule has 3 aromatic carbocycles. The van der Waals surface area contributed by atoms with Crippen LogP contribution in [0.25, 0.3) is 0 Å². The van der Waals surface area contributed by atoms with E-state index in [0.717, 1.165) is 28.7 Å². The van der Waals surface area contributed by atoms with Gasteiger partial charge in [0.15, 0.2) is 0 Å². The van der Waals surface area contributed by atoms with Crippen LogP contribution in [0.2, 0.25) is 0 Å². The van der Waals surface area contributed by atoms with Gasteiger partial charge in [0, 0.05) is 37.8 Å². The van der Waals surface area contributed by atoms with Crippen molar-refractivity contribution in [3.63, 3.8) is 0 Å². The molecule has 226 valence electrons. The molecular formula is C31H31F3N4O5. The van der Waals surface area contributed by atoms with Gasteiger partial charge in [0.1, 0.15) is 18.3 Å². The van der Waals surface area contributed by atoms with Gasteiger partial charge in [-0.2, -0.15) is 13.2 Å². The van der Waals surface area contributed by atoms with Crippen LogP contribution in [-0.2, 0) is 27.0 Å². The number of likely N-dealkylation sites (N-methyl/N-ethyl adjacent to an activating group) is 1. The number of nitrogens with zero attached hydrogens (tertiary/aromatic N) is 3. The van der Waals surface area contributed by atoms with Gasteiger partial charge in [-0.05, 0) is 48.0 Å². The van der Waals surface area contributed by atoms with E-state index < -0.39 is 42.0 Å². The van der Waals surface area contributed by atoms with Gasteiger partial charge in [-0.15, -0.1) is 0 Å². The standard InChI is InChI=1S/C31H31F3N4O5/c1-36(24-11-13-25(43-2)14-12-24)30(42)26(17-21-7-4-3-5-8-21)35-27(39)19-37-15-16-38(20-28(37)40)29(41)22-9-6-10-23(18-22)31(32,33)34/h3-14,18,26H,15-17,19-20H2,1-2H3,(H,35,39)/t26-/m0/s1. The average molecular weight is 597 g/mol. The second-order valence-corrected chi connectivity index (χ2v) is 10.0. The number of benzene rings is 3. The number of ether oxygens (including phenoxy) is 1. The number of hydrogen-bond acceptors (Lipinski definition) is 5. The number of methoxy groups -OCH3 is 1. The Hall–Kier alpha value is -4.87. The minimum atomic E-state index is -4.61. The number of amides is 4. The zero-order valence-electron chi connectivity index (χ0n) is 23.6. The van der Waals surface area contributed by atoms with E-state index >= 15 is 0 Å². The summed E-state index contributed by atoms with van der Waals surface area (Å²) in [6.07, 6.45) is -4.40. The number of rotatable bonds is 9. The van der Waals surface area contributed by atoms with Crippen LogP contribution in [0.1, 0.15) is 21.5 Å². The number of carbonyl (C=O) groups excluding carboxylic acids is 4. The third-order valence-corrected chi connectivity index (χ3v) is 7.08. The monoisotopic (exact) mass is 596 g/mol.